The molecule has 4 rings (SSSR count). The van der Waals surface area contributed by atoms with Crippen molar-refractivity contribution >= 4 is 22.7 Å². The van der Waals surface area contributed by atoms with Gasteiger partial charge in [0.1, 0.15) is 12.4 Å². The van der Waals surface area contributed by atoms with Crippen LogP contribution in [0.4, 0.5) is 0 Å². The van der Waals surface area contributed by atoms with Crippen molar-refractivity contribution in [3.63, 3.8) is 0 Å². The maximum Gasteiger partial charge on any atom is 0.352 e. The van der Waals surface area contributed by atoms with Gasteiger partial charge >= 0.3 is 11.9 Å². The van der Waals surface area contributed by atoms with E-state index in [0.717, 1.165) is 10.8 Å². The Kier molecular flexibility index (Phi) is 7.08. The summed E-state index contributed by atoms with van der Waals surface area (Å²) >= 11 is 0. The van der Waals surface area contributed by atoms with Crippen LogP contribution in [0.1, 0.15) is 28.9 Å². The molecule has 0 radical (unpaired) electrons. The van der Waals surface area contributed by atoms with Gasteiger partial charge in [-0.3, -0.25) is 0 Å². The average molecular weight is 456 g/mol. The number of carbonyl (C=O) groups is 2. The minimum Gasteiger partial charge on any atom is -0.472 e. The predicted octanol–water partition coefficient (Wildman–Crippen LogP) is 5.66. The van der Waals surface area contributed by atoms with Gasteiger partial charge in [0, 0.05) is 18.0 Å². The lowest BCUT2D eigenvalue weighted by molar-refractivity contribution is -0.151. The van der Waals surface area contributed by atoms with Gasteiger partial charge in [-0.15, -0.1) is 0 Å². The Balaban J connectivity index is 1.83. The minimum atomic E-state index is -1.07. The summed E-state index contributed by atoms with van der Waals surface area (Å²) in [5.41, 5.74) is 1.65. The van der Waals surface area contributed by atoms with Gasteiger partial charge in [-0.05, 0) is 48.0 Å². The Morgan fingerprint density at radius 1 is 0.971 bits per heavy atom. The lowest BCUT2D eigenvalue weighted by Gasteiger charge is -2.22. The summed E-state index contributed by atoms with van der Waals surface area (Å²) in [6.07, 6.45) is 4.15. The van der Waals surface area contributed by atoms with E-state index in [1.54, 1.807) is 25.1 Å². The van der Waals surface area contributed by atoms with Crippen LogP contribution < -0.4 is 4.74 Å². The van der Waals surface area contributed by atoms with Crippen molar-refractivity contribution in [2.24, 2.45) is 0 Å². The van der Waals surface area contributed by atoms with Gasteiger partial charge < -0.3 is 18.8 Å². The van der Waals surface area contributed by atoms with Gasteiger partial charge in [-0.25, -0.2) is 9.59 Å². The van der Waals surface area contributed by atoms with Crippen LogP contribution in [0.25, 0.3) is 16.5 Å². The van der Waals surface area contributed by atoms with Gasteiger partial charge in [-0.2, -0.15) is 0 Å². The number of benzene rings is 3. The first kappa shape index (κ1) is 22.9. The fourth-order valence-corrected chi connectivity index (χ4v) is 3.72. The number of aromatic nitrogens is 1. The molecule has 6 heteroatoms. The third kappa shape index (κ3) is 4.86. The molecule has 6 nitrogen and oxygen atoms in total. The molecule has 1 heterocycles. The van der Waals surface area contributed by atoms with Crippen molar-refractivity contribution in [2.45, 2.75) is 13.0 Å². The summed E-state index contributed by atoms with van der Waals surface area (Å²) in [7, 11) is 0. The Morgan fingerprint density at radius 3 is 2.50 bits per heavy atom. The van der Waals surface area contributed by atoms with E-state index in [1.165, 1.54) is 6.08 Å². The Hall–Kier alpha value is -4.32. The van der Waals surface area contributed by atoms with Crippen LogP contribution in [0, 0.1) is 0 Å². The number of nitrogens with zero attached hydrogens (tertiary/aromatic N) is 1. The van der Waals surface area contributed by atoms with Crippen LogP contribution in [0.15, 0.2) is 97.8 Å². The zero-order chi connectivity index (χ0) is 23.9. The Morgan fingerprint density at radius 2 is 1.74 bits per heavy atom. The standard InChI is InChI=1S/C28H25NO5/c1-3-18-33-28(31)26(23-13-9-11-20-10-5-6-12-22(20)23)34-25-19-21(27(30)32-4-2)14-15-24(25)29-16-7-8-17-29/h3,5-17,19,26H,1,4,18H2,2H3. The van der Waals surface area contributed by atoms with E-state index >= 15 is 0 Å². The first-order valence-corrected chi connectivity index (χ1v) is 11.0. The van der Waals surface area contributed by atoms with Crippen molar-refractivity contribution in [1.29, 1.82) is 0 Å². The molecule has 0 aliphatic rings. The zero-order valence-electron chi connectivity index (χ0n) is 18.8. The highest BCUT2D eigenvalue weighted by molar-refractivity contribution is 5.92. The van der Waals surface area contributed by atoms with E-state index < -0.39 is 18.0 Å². The molecule has 0 saturated carbocycles. The summed E-state index contributed by atoms with van der Waals surface area (Å²) < 4.78 is 18.8. The van der Waals surface area contributed by atoms with E-state index in [2.05, 4.69) is 6.58 Å². The molecule has 34 heavy (non-hydrogen) atoms. The normalized spacial score (nSPS) is 11.6. The second kappa shape index (κ2) is 10.5. The van der Waals surface area contributed by atoms with Crippen molar-refractivity contribution in [2.75, 3.05) is 13.2 Å². The molecule has 0 amide bonds. The largest absolute Gasteiger partial charge is 0.472 e. The van der Waals surface area contributed by atoms with Crippen molar-refractivity contribution in [1.82, 2.24) is 4.57 Å². The topological polar surface area (TPSA) is 66.8 Å². The molecule has 1 aromatic heterocycles. The first-order valence-electron chi connectivity index (χ1n) is 11.0. The van der Waals surface area contributed by atoms with Crippen LogP contribution >= 0.6 is 0 Å². The maximum atomic E-state index is 13.2. The highest BCUT2D eigenvalue weighted by atomic mass is 16.6. The molecule has 0 aliphatic carbocycles. The molecule has 1 atom stereocenters. The second-order valence-electron chi connectivity index (χ2n) is 7.48. The molecule has 0 bridgehead atoms. The third-order valence-corrected chi connectivity index (χ3v) is 5.26. The first-order chi connectivity index (χ1) is 16.6. The molecule has 4 aromatic rings. The molecule has 0 fully saturated rings. The van der Waals surface area contributed by atoms with E-state index in [-0.39, 0.29) is 13.2 Å². The van der Waals surface area contributed by atoms with Gasteiger partial charge in [0.15, 0.2) is 0 Å². The average Bonchev–Trinajstić information content (AvgIpc) is 3.40. The smallest absolute Gasteiger partial charge is 0.352 e. The van der Waals surface area contributed by atoms with Crippen LogP contribution in [0.2, 0.25) is 0 Å². The summed E-state index contributed by atoms with van der Waals surface area (Å²) in [5.74, 6) is -0.686. The minimum absolute atomic E-state index is 0.0524. The number of fused-ring (bicyclic) bond motifs is 1. The van der Waals surface area contributed by atoms with Gasteiger partial charge in [0.05, 0.1) is 17.9 Å². The number of hydrogen-bond donors (Lipinski definition) is 0. The zero-order valence-corrected chi connectivity index (χ0v) is 18.8. The SMILES string of the molecule is C=CCOC(=O)C(Oc1cc(C(=O)OCC)ccc1-n1cccc1)c1cccc2ccccc12. The molecule has 1 unspecified atom stereocenters. The van der Waals surface area contributed by atoms with E-state index in [4.69, 9.17) is 14.2 Å². The monoisotopic (exact) mass is 455 g/mol. The number of esters is 2. The molecule has 0 aliphatic heterocycles. The van der Waals surface area contributed by atoms with E-state index in [0.29, 0.717) is 22.6 Å². The number of carbonyl (C=O) groups excluding carboxylic acids is 2. The van der Waals surface area contributed by atoms with Crippen LogP contribution in [0.5, 0.6) is 5.75 Å². The van der Waals surface area contributed by atoms with Crippen LogP contribution in [-0.4, -0.2) is 29.7 Å². The summed E-state index contributed by atoms with van der Waals surface area (Å²) in [6.45, 7) is 5.67. The van der Waals surface area contributed by atoms with E-state index in [1.807, 2.05) is 71.6 Å². The summed E-state index contributed by atoms with van der Waals surface area (Å²) in [5, 5.41) is 1.84. The van der Waals surface area contributed by atoms with Crippen molar-refractivity contribution in [3.8, 4) is 11.4 Å². The van der Waals surface area contributed by atoms with Gasteiger partial charge in [0.25, 0.3) is 0 Å². The van der Waals surface area contributed by atoms with Crippen molar-refractivity contribution in [3.05, 3.63) is 109 Å². The molecule has 172 valence electrons. The lowest BCUT2D eigenvalue weighted by atomic mass is 10.00. The predicted molar refractivity (Wildman–Crippen MR) is 130 cm³/mol. The summed E-state index contributed by atoms with van der Waals surface area (Å²) in [4.78, 5) is 25.6. The number of hydrogen-bond acceptors (Lipinski definition) is 5. The Labute approximate surface area is 198 Å². The van der Waals surface area contributed by atoms with Crippen LogP contribution in [0.3, 0.4) is 0 Å². The fourth-order valence-electron chi connectivity index (χ4n) is 3.72. The number of ether oxygens (including phenoxy) is 3. The van der Waals surface area contributed by atoms with Crippen LogP contribution in [-0.2, 0) is 14.3 Å². The highest BCUT2D eigenvalue weighted by Gasteiger charge is 2.28. The van der Waals surface area contributed by atoms with Gasteiger partial charge in [-0.1, -0.05) is 55.1 Å². The second-order valence-corrected chi connectivity index (χ2v) is 7.48. The molecule has 0 saturated heterocycles. The molecule has 3 aromatic carbocycles. The summed E-state index contributed by atoms with van der Waals surface area (Å²) in [6, 6.07) is 22.2. The van der Waals surface area contributed by atoms with E-state index in [9.17, 15) is 9.59 Å². The van der Waals surface area contributed by atoms with Gasteiger partial charge in [0.2, 0.25) is 6.10 Å². The Bertz CT molecular complexity index is 1300. The lowest BCUT2D eigenvalue weighted by Crippen LogP contribution is -2.22. The molecule has 0 N–H and O–H groups in total. The molecular weight excluding hydrogens is 430 g/mol. The highest BCUT2D eigenvalue weighted by Crippen LogP contribution is 2.33. The molecule has 0 spiro atoms. The quantitative estimate of drug-likeness (QED) is 0.241. The van der Waals surface area contributed by atoms with Crippen molar-refractivity contribution < 1.29 is 23.8 Å². The fraction of sp³-hybridized carbons (Fsp3) is 0.143. The number of rotatable bonds is 9. The molecular formula is C28H25NO5. The third-order valence-electron chi connectivity index (χ3n) is 5.26. The maximum absolute atomic E-state index is 13.2.